The molecule has 4 nitrogen and oxygen atoms in total. The molecule has 0 aliphatic carbocycles. The van der Waals surface area contributed by atoms with Crippen LogP contribution in [0.2, 0.25) is 10.0 Å². The van der Waals surface area contributed by atoms with Crippen LogP contribution >= 0.6 is 23.2 Å². The van der Waals surface area contributed by atoms with Crippen LogP contribution in [0.3, 0.4) is 0 Å². The molecule has 1 heterocycles. The molecule has 0 spiro atoms. The number of hydrogen-bond donors (Lipinski definition) is 2. The van der Waals surface area contributed by atoms with Gasteiger partial charge in [-0.2, -0.15) is 0 Å². The van der Waals surface area contributed by atoms with Crippen LogP contribution in [0, 0.1) is 11.3 Å². The Labute approximate surface area is 122 Å². The highest BCUT2D eigenvalue weighted by Crippen LogP contribution is 2.33. The van der Waals surface area contributed by atoms with Crippen molar-refractivity contribution in [2.45, 2.75) is 19.9 Å². The van der Waals surface area contributed by atoms with Gasteiger partial charge in [-0.1, -0.05) is 43.1 Å². The molecule has 1 aromatic carbocycles. The van der Waals surface area contributed by atoms with E-state index < -0.39 is 6.04 Å². The van der Waals surface area contributed by atoms with Gasteiger partial charge in [0.05, 0.1) is 0 Å². The molecule has 0 aromatic heterocycles. The lowest BCUT2D eigenvalue weighted by molar-refractivity contribution is 0.198. The van der Waals surface area contributed by atoms with Crippen LogP contribution in [-0.2, 0) is 0 Å². The van der Waals surface area contributed by atoms with Gasteiger partial charge in [0.2, 0.25) is 0 Å². The maximum atomic E-state index is 11.9. The van der Waals surface area contributed by atoms with Crippen LogP contribution in [0.5, 0.6) is 0 Å². The first-order chi connectivity index (χ1) is 8.90. The monoisotopic (exact) mass is 299 g/mol. The number of amidine groups is 1. The summed E-state index contributed by atoms with van der Waals surface area (Å²) in [6.45, 7) is 4.61. The van der Waals surface area contributed by atoms with Crippen molar-refractivity contribution in [2.75, 3.05) is 6.54 Å². The van der Waals surface area contributed by atoms with Gasteiger partial charge in [-0.25, -0.2) is 4.79 Å². The minimum atomic E-state index is -0.459. The zero-order valence-electron chi connectivity index (χ0n) is 10.7. The van der Waals surface area contributed by atoms with Crippen LogP contribution in [-0.4, -0.2) is 23.3 Å². The number of urea groups is 1. The lowest BCUT2D eigenvalue weighted by Gasteiger charge is -2.25. The van der Waals surface area contributed by atoms with E-state index in [2.05, 4.69) is 5.32 Å². The zero-order valence-corrected chi connectivity index (χ0v) is 12.2. The van der Waals surface area contributed by atoms with Gasteiger partial charge in [0.1, 0.15) is 11.9 Å². The summed E-state index contributed by atoms with van der Waals surface area (Å²) in [6.07, 6.45) is 0. The number of carbonyl (C=O) groups excluding carboxylic acids is 1. The van der Waals surface area contributed by atoms with Crippen molar-refractivity contribution < 1.29 is 4.79 Å². The van der Waals surface area contributed by atoms with Gasteiger partial charge >= 0.3 is 6.03 Å². The zero-order chi connectivity index (χ0) is 14.2. The fourth-order valence-corrected chi connectivity index (χ4v) is 2.67. The van der Waals surface area contributed by atoms with Crippen LogP contribution in [0.15, 0.2) is 18.2 Å². The van der Waals surface area contributed by atoms with E-state index in [-0.39, 0.29) is 11.9 Å². The standard InChI is InChI=1S/C13H15Cl2N3O/c1-7(2)6-18-11(12(16)17-13(18)19)9-4-3-8(14)5-10(9)15/h3-5,7,11H,6H2,1-2H3,(H2,16,17,19). The third-order valence-electron chi connectivity index (χ3n) is 2.91. The molecule has 0 radical (unpaired) electrons. The fraction of sp³-hybridized carbons (Fsp3) is 0.385. The molecular weight excluding hydrogens is 285 g/mol. The van der Waals surface area contributed by atoms with Crippen LogP contribution < -0.4 is 5.32 Å². The SMILES string of the molecule is CC(C)CN1C(=O)NC(=N)C1c1ccc(Cl)cc1Cl. The molecule has 0 saturated carbocycles. The maximum absolute atomic E-state index is 11.9. The Morgan fingerprint density at radius 1 is 1.42 bits per heavy atom. The van der Waals surface area contributed by atoms with E-state index in [1.807, 2.05) is 13.8 Å². The molecule has 1 unspecified atom stereocenters. The van der Waals surface area contributed by atoms with Gasteiger partial charge in [0.15, 0.2) is 0 Å². The van der Waals surface area contributed by atoms with Gasteiger partial charge in [0, 0.05) is 22.2 Å². The highest BCUT2D eigenvalue weighted by Gasteiger charge is 2.37. The van der Waals surface area contributed by atoms with Gasteiger partial charge in [-0.05, 0) is 18.1 Å². The number of benzene rings is 1. The van der Waals surface area contributed by atoms with E-state index in [9.17, 15) is 4.79 Å². The quantitative estimate of drug-likeness (QED) is 0.878. The van der Waals surface area contributed by atoms with Crippen LogP contribution in [0.4, 0.5) is 4.79 Å². The van der Waals surface area contributed by atoms with Gasteiger partial charge < -0.3 is 4.90 Å². The maximum Gasteiger partial charge on any atom is 0.323 e. The number of carbonyl (C=O) groups is 1. The van der Waals surface area contributed by atoms with Crippen LogP contribution in [0.1, 0.15) is 25.5 Å². The van der Waals surface area contributed by atoms with E-state index >= 15 is 0 Å². The van der Waals surface area contributed by atoms with E-state index in [0.29, 0.717) is 22.5 Å². The van der Waals surface area contributed by atoms with Crippen molar-refractivity contribution in [1.29, 1.82) is 5.41 Å². The van der Waals surface area contributed by atoms with Crippen molar-refractivity contribution in [3.05, 3.63) is 33.8 Å². The van der Waals surface area contributed by atoms with E-state index in [4.69, 9.17) is 28.6 Å². The minimum absolute atomic E-state index is 0.148. The normalized spacial score (nSPS) is 19.2. The Morgan fingerprint density at radius 2 is 2.11 bits per heavy atom. The number of amides is 2. The Hall–Kier alpha value is -1.26. The van der Waals surface area contributed by atoms with E-state index in [1.54, 1.807) is 23.1 Å². The summed E-state index contributed by atoms with van der Waals surface area (Å²) in [5.74, 6) is 0.458. The molecule has 0 bridgehead atoms. The highest BCUT2D eigenvalue weighted by molar-refractivity contribution is 6.35. The largest absolute Gasteiger partial charge is 0.323 e. The number of nitrogens with one attached hydrogen (secondary N) is 2. The molecule has 1 atom stereocenters. The predicted molar refractivity (Wildman–Crippen MR) is 77.0 cm³/mol. The molecule has 1 fully saturated rings. The summed E-state index contributed by atoms with van der Waals surface area (Å²) in [7, 11) is 0. The number of rotatable bonds is 3. The summed E-state index contributed by atoms with van der Waals surface area (Å²) in [5, 5.41) is 11.5. The molecule has 1 aliphatic heterocycles. The first-order valence-electron chi connectivity index (χ1n) is 6.01. The van der Waals surface area contributed by atoms with Crippen molar-refractivity contribution in [2.24, 2.45) is 5.92 Å². The molecule has 2 N–H and O–H groups in total. The smallest absolute Gasteiger partial charge is 0.310 e. The van der Waals surface area contributed by atoms with Crippen molar-refractivity contribution in [3.63, 3.8) is 0 Å². The molecular formula is C13H15Cl2N3O. The predicted octanol–water partition coefficient (Wildman–Crippen LogP) is 3.69. The van der Waals surface area contributed by atoms with Gasteiger partial charge in [-0.3, -0.25) is 10.7 Å². The van der Waals surface area contributed by atoms with Gasteiger partial charge in [0.25, 0.3) is 0 Å². The molecule has 1 aromatic rings. The minimum Gasteiger partial charge on any atom is -0.310 e. The first-order valence-corrected chi connectivity index (χ1v) is 6.76. The molecule has 2 amide bonds. The van der Waals surface area contributed by atoms with Crippen LogP contribution in [0.25, 0.3) is 0 Å². The van der Waals surface area contributed by atoms with Gasteiger partial charge in [-0.15, -0.1) is 0 Å². The second-order valence-electron chi connectivity index (χ2n) is 4.96. The third-order valence-corrected chi connectivity index (χ3v) is 3.47. The third kappa shape index (κ3) is 2.85. The topological polar surface area (TPSA) is 56.2 Å². The average molecular weight is 300 g/mol. The summed E-state index contributed by atoms with van der Waals surface area (Å²) in [6, 6.07) is 4.39. The molecule has 1 aliphatic rings. The lowest BCUT2D eigenvalue weighted by atomic mass is 10.0. The lowest BCUT2D eigenvalue weighted by Crippen LogP contribution is -2.33. The Kier molecular flexibility index (Phi) is 4.02. The van der Waals surface area contributed by atoms with Crippen molar-refractivity contribution in [3.8, 4) is 0 Å². The average Bonchev–Trinajstić information content (AvgIpc) is 2.54. The second-order valence-corrected chi connectivity index (χ2v) is 5.80. The fourth-order valence-electron chi connectivity index (χ4n) is 2.16. The number of nitrogens with zero attached hydrogens (tertiary/aromatic N) is 1. The first kappa shape index (κ1) is 14.2. The van der Waals surface area contributed by atoms with E-state index in [0.717, 1.165) is 5.56 Å². The number of hydrogen-bond acceptors (Lipinski definition) is 2. The van der Waals surface area contributed by atoms with Crippen molar-refractivity contribution >= 4 is 35.1 Å². The Bertz CT molecular complexity index is 531. The molecule has 6 heteroatoms. The second kappa shape index (κ2) is 5.39. The molecule has 1 saturated heterocycles. The molecule has 2 rings (SSSR count). The molecule has 19 heavy (non-hydrogen) atoms. The number of halogens is 2. The summed E-state index contributed by atoms with van der Waals surface area (Å²) in [5.41, 5.74) is 0.718. The van der Waals surface area contributed by atoms with Crippen molar-refractivity contribution in [1.82, 2.24) is 10.2 Å². The summed E-state index contributed by atoms with van der Waals surface area (Å²) >= 11 is 12.1. The highest BCUT2D eigenvalue weighted by atomic mass is 35.5. The Balaban J connectivity index is 2.39. The summed E-state index contributed by atoms with van der Waals surface area (Å²) in [4.78, 5) is 13.5. The molecule has 102 valence electrons. The Morgan fingerprint density at radius 3 is 2.68 bits per heavy atom. The van der Waals surface area contributed by atoms with E-state index in [1.165, 1.54) is 0 Å². The summed E-state index contributed by atoms with van der Waals surface area (Å²) < 4.78 is 0.